The number of anilines is 1. The summed E-state index contributed by atoms with van der Waals surface area (Å²) in [6.07, 6.45) is -4.84. The Morgan fingerprint density at radius 1 is 1.07 bits per heavy atom. The zero-order valence-electron chi connectivity index (χ0n) is 14.7. The largest absolute Gasteiger partial charge is 0.573 e. The molecule has 3 rings (SSSR count). The Hall–Kier alpha value is -3.76. The van der Waals surface area contributed by atoms with Crippen molar-refractivity contribution in [3.63, 3.8) is 0 Å². The van der Waals surface area contributed by atoms with Crippen LogP contribution in [0.2, 0.25) is 0 Å². The number of rotatable bonds is 4. The Bertz CT molecular complexity index is 931. The maximum atomic E-state index is 12.1. The Kier molecular flexibility index (Phi) is 5.57. The summed E-state index contributed by atoms with van der Waals surface area (Å²) in [5.74, 6) is -1.90. The summed E-state index contributed by atoms with van der Waals surface area (Å²) in [7, 11) is 0. The number of fused-ring (bicyclic) bond motifs is 1. The second-order valence-corrected chi connectivity index (χ2v) is 5.81. The van der Waals surface area contributed by atoms with Crippen LogP contribution in [-0.4, -0.2) is 37.2 Å². The number of carbonyl (C=O) groups is 3. The molecule has 1 aliphatic rings. The summed E-state index contributed by atoms with van der Waals surface area (Å²) in [4.78, 5) is 37.4. The molecule has 8 nitrogen and oxygen atoms in total. The number of hydrazine groups is 1. The first-order valence-electron chi connectivity index (χ1n) is 8.20. The van der Waals surface area contributed by atoms with Crippen molar-refractivity contribution in [1.29, 1.82) is 0 Å². The molecule has 152 valence electrons. The molecule has 0 aromatic heterocycles. The standard InChI is InChI=1S/C18H14F3N3O5/c19-18(20,21)29-12-7-5-11(6-8-12)17(27)23-22-15(25)9-24-13-3-1-2-4-14(13)28-10-16(24)26/h1-8H,9-10H2,(H,22,25)(H,23,27). The van der Waals surface area contributed by atoms with Crippen molar-refractivity contribution in [2.24, 2.45) is 0 Å². The summed E-state index contributed by atoms with van der Waals surface area (Å²) < 4.78 is 45.4. The van der Waals surface area contributed by atoms with Crippen LogP contribution < -0.4 is 25.2 Å². The van der Waals surface area contributed by atoms with Gasteiger partial charge in [0.1, 0.15) is 18.0 Å². The molecule has 1 aliphatic heterocycles. The molecule has 0 spiro atoms. The van der Waals surface area contributed by atoms with Crippen LogP contribution in [0, 0.1) is 0 Å². The van der Waals surface area contributed by atoms with Crippen LogP contribution in [0.5, 0.6) is 11.5 Å². The number of carbonyl (C=O) groups excluding carboxylic acids is 3. The highest BCUT2D eigenvalue weighted by Gasteiger charge is 2.31. The van der Waals surface area contributed by atoms with Gasteiger partial charge in [-0.05, 0) is 36.4 Å². The molecule has 11 heteroatoms. The van der Waals surface area contributed by atoms with Gasteiger partial charge in [-0.15, -0.1) is 13.2 Å². The number of alkyl halides is 3. The van der Waals surface area contributed by atoms with Gasteiger partial charge in [0.05, 0.1) is 5.69 Å². The lowest BCUT2D eigenvalue weighted by atomic mass is 10.2. The predicted octanol–water partition coefficient (Wildman–Crippen LogP) is 1.77. The smallest absolute Gasteiger partial charge is 0.482 e. The van der Waals surface area contributed by atoms with E-state index in [-0.39, 0.29) is 18.7 Å². The average Bonchev–Trinajstić information content (AvgIpc) is 2.68. The Morgan fingerprint density at radius 2 is 1.76 bits per heavy atom. The van der Waals surface area contributed by atoms with Gasteiger partial charge < -0.3 is 9.47 Å². The van der Waals surface area contributed by atoms with E-state index in [1.54, 1.807) is 24.3 Å². The number of benzene rings is 2. The topological polar surface area (TPSA) is 97.0 Å². The van der Waals surface area contributed by atoms with E-state index in [0.29, 0.717) is 11.4 Å². The van der Waals surface area contributed by atoms with Gasteiger partial charge in [-0.25, -0.2) is 0 Å². The normalized spacial score (nSPS) is 13.2. The van der Waals surface area contributed by atoms with E-state index in [1.165, 1.54) is 4.90 Å². The van der Waals surface area contributed by atoms with Crippen molar-refractivity contribution in [2.75, 3.05) is 18.1 Å². The summed E-state index contributed by atoms with van der Waals surface area (Å²) >= 11 is 0. The number of nitrogens with one attached hydrogen (secondary N) is 2. The SMILES string of the molecule is O=C(CN1C(=O)COc2ccccc21)NNC(=O)c1ccc(OC(F)(F)F)cc1. The molecule has 1 heterocycles. The zero-order valence-corrected chi connectivity index (χ0v) is 14.7. The van der Waals surface area contributed by atoms with Crippen LogP contribution in [0.4, 0.5) is 18.9 Å². The molecule has 3 amide bonds. The summed E-state index contributed by atoms with van der Waals surface area (Å²) in [5, 5.41) is 0. The quantitative estimate of drug-likeness (QED) is 0.751. The minimum Gasteiger partial charge on any atom is -0.482 e. The van der Waals surface area contributed by atoms with Gasteiger partial charge in [0.25, 0.3) is 17.7 Å². The second kappa shape index (κ2) is 8.09. The van der Waals surface area contributed by atoms with Gasteiger partial charge in [0, 0.05) is 5.56 Å². The molecule has 2 aromatic rings. The monoisotopic (exact) mass is 409 g/mol. The molecule has 2 aromatic carbocycles. The number of halogens is 3. The van der Waals surface area contributed by atoms with Gasteiger partial charge >= 0.3 is 6.36 Å². The van der Waals surface area contributed by atoms with Gasteiger partial charge in [0.2, 0.25) is 0 Å². The molecule has 0 bridgehead atoms. The Labute approximate surface area is 162 Å². The highest BCUT2D eigenvalue weighted by Crippen LogP contribution is 2.31. The zero-order chi connectivity index (χ0) is 21.0. The first kappa shape index (κ1) is 20.0. The highest BCUT2D eigenvalue weighted by molar-refractivity contribution is 6.02. The number of nitrogens with zero attached hydrogens (tertiary/aromatic N) is 1. The molecule has 0 saturated carbocycles. The highest BCUT2D eigenvalue weighted by atomic mass is 19.4. The second-order valence-electron chi connectivity index (χ2n) is 5.81. The molecule has 0 unspecified atom stereocenters. The Morgan fingerprint density at radius 3 is 2.45 bits per heavy atom. The average molecular weight is 409 g/mol. The molecule has 0 radical (unpaired) electrons. The number of hydrogen-bond donors (Lipinski definition) is 2. The van der Waals surface area contributed by atoms with Crippen LogP contribution in [-0.2, 0) is 9.59 Å². The molecular weight excluding hydrogens is 395 g/mol. The third kappa shape index (κ3) is 5.15. The number of para-hydroxylation sites is 2. The lowest BCUT2D eigenvalue weighted by molar-refractivity contribution is -0.274. The summed E-state index contributed by atoms with van der Waals surface area (Å²) in [6, 6.07) is 10.8. The van der Waals surface area contributed by atoms with Crippen molar-refractivity contribution in [1.82, 2.24) is 10.9 Å². The van der Waals surface area contributed by atoms with E-state index < -0.39 is 29.8 Å². The van der Waals surface area contributed by atoms with Crippen LogP contribution in [0.25, 0.3) is 0 Å². The van der Waals surface area contributed by atoms with Gasteiger partial charge in [-0.1, -0.05) is 12.1 Å². The van der Waals surface area contributed by atoms with E-state index >= 15 is 0 Å². The predicted molar refractivity (Wildman–Crippen MR) is 93.0 cm³/mol. The summed E-state index contributed by atoms with van der Waals surface area (Å²) in [6.45, 7) is -0.582. The molecule has 0 fully saturated rings. The van der Waals surface area contributed by atoms with Crippen molar-refractivity contribution in [3.8, 4) is 11.5 Å². The lowest BCUT2D eigenvalue weighted by Crippen LogP contribution is -2.49. The van der Waals surface area contributed by atoms with Crippen molar-refractivity contribution in [2.45, 2.75) is 6.36 Å². The fourth-order valence-corrected chi connectivity index (χ4v) is 2.52. The molecule has 2 N–H and O–H groups in total. The van der Waals surface area contributed by atoms with Crippen molar-refractivity contribution >= 4 is 23.4 Å². The van der Waals surface area contributed by atoms with E-state index in [1.807, 2.05) is 0 Å². The van der Waals surface area contributed by atoms with Crippen LogP contribution >= 0.6 is 0 Å². The molecule has 0 atom stereocenters. The lowest BCUT2D eigenvalue weighted by Gasteiger charge is -2.28. The molecule has 29 heavy (non-hydrogen) atoms. The third-order valence-electron chi connectivity index (χ3n) is 3.78. The fraction of sp³-hybridized carbons (Fsp3) is 0.167. The van der Waals surface area contributed by atoms with Crippen molar-refractivity contribution < 1.29 is 37.0 Å². The third-order valence-corrected chi connectivity index (χ3v) is 3.78. The van der Waals surface area contributed by atoms with Gasteiger partial charge in [0.15, 0.2) is 6.61 Å². The maximum Gasteiger partial charge on any atom is 0.573 e. The van der Waals surface area contributed by atoms with Gasteiger partial charge in [-0.2, -0.15) is 0 Å². The Balaban J connectivity index is 1.55. The van der Waals surface area contributed by atoms with Crippen LogP contribution in [0.3, 0.4) is 0 Å². The maximum absolute atomic E-state index is 12.1. The minimum absolute atomic E-state index is 0.00683. The fourth-order valence-electron chi connectivity index (χ4n) is 2.52. The molecule has 0 aliphatic carbocycles. The van der Waals surface area contributed by atoms with Crippen LogP contribution in [0.15, 0.2) is 48.5 Å². The van der Waals surface area contributed by atoms with E-state index in [2.05, 4.69) is 15.6 Å². The van der Waals surface area contributed by atoms with E-state index in [9.17, 15) is 27.6 Å². The summed E-state index contributed by atoms with van der Waals surface area (Å²) in [5.41, 5.74) is 4.69. The molecule has 0 saturated heterocycles. The first-order chi connectivity index (χ1) is 13.7. The number of hydrogen-bond acceptors (Lipinski definition) is 5. The van der Waals surface area contributed by atoms with Gasteiger partial charge in [-0.3, -0.25) is 30.1 Å². The molecular formula is C18H14F3N3O5. The van der Waals surface area contributed by atoms with Crippen LogP contribution in [0.1, 0.15) is 10.4 Å². The van der Waals surface area contributed by atoms with E-state index in [0.717, 1.165) is 24.3 Å². The minimum atomic E-state index is -4.84. The van der Waals surface area contributed by atoms with E-state index in [4.69, 9.17) is 4.74 Å². The number of ether oxygens (including phenoxy) is 2. The number of amides is 3. The first-order valence-corrected chi connectivity index (χ1v) is 8.20. The van der Waals surface area contributed by atoms with Crippen molar-refractivity contribution in [3.05, 3.63) is 54.1 Å².